The van der Waals surface area contributed by atoms with Crippen molar-refractivity contribution in [3.8, 4) is 0 Å². The Morgan fingerprint density at radius 3 is 0.906 bits per heavy atom. The van der Waals surface area contributed by atoms with Gasteiger partial charge in [0, 0.05) is 0 Å². The molecule has 0 N–H and O–H groups in total. The molecule has 0 amide bonds. The third kappa shape index (κ3) is 21.0. The van der Waals surface area contributed by atoms with Crippen molar-refractivity contribution in [1.82, 2.24) is 0 Å². The van der Waals surface area contributed by atoms with Crippen LogP contribution in [0.2, 0.25) is 0 Å². The normalized spacial score (nSPS) is 12.8. The van der Waals surface area contributed by atoms with Crippen molar-refractivity contribution in [3.63, 3.8) is 0 Å². The van der Waals surface area contributed by atoms with Crippen LogP contribution in [-0.2, 0) is 0 Å². The van der Waals surface area contributed by atoms with Crippen LogP contribution in [0.5, 0.6) is 0 Å². The Balaban J connectivity index is 0. The summed E-state index contributed by atoms with van der Waals surface area (Å²) < 4.78 is 0. The number of halogens is 2. The van der Waals surface area contributed by atoms with Crippen LogP contribution in [0.15, 0.2) is 0 Å². The molecule has 4 heteroatoms. The molecule has 0 aromatic carbocycles. The van der Waals surface area contributed by atoms with Crippen molar-refractivity contribution in [2.45, 2.75) is 156 Å². The van der Waals surface area contributed by atoms with E-state index in [9.17, 15) is 0 Å². The molecular formula is C28H62BrClP2. The quantitative estimate of drug-likeness (QED) is 0.0793. The monoisotopic (exact) mass is 574 g/mol. The SMILES string of the molecule is CCCCCCCCCCCCCCCCP(Cl)(CCCC)(CCCC)CCCC.PBr. The van der Waals surface area contributed by atoms with Crippen LogP contribution in [0.25, 0.3) is 0 Å². The second-order valence-electron chi connectivity index (χ2n) is 10.4. The molecule has 0 radical (unpaired) electrons. The van der Waals surface area contributed by atoms with E-state index < -0.39 is 5.96 Å². The van der Waals surface area contributed by atoms with Gasteiger partial charge in [0.15, 0.2) is 0 Å². The third-order valence-electron chi connectivity index (χ3n) is 7.28. The Morgan fingerprint density at radius 1 is 0.406 bits per heavy atom. The fraction of sp³-hybridized carbons (Fsp3) is 1.00. The number of hydrogen-bond donors (Lipinski definition) is 0. The topological polar surface area (TPSA) is 0 Å². The molecule has 1 atom stereocenters. The van der Waals surface area contributed by atoms with E-state index >= 15 is 0 Å². The first kappa shape index (κ1) is 35.8. The van der Waals surface area contributed by atoms with Gasteiger partial charge in [-0.05, 0) is 0 Å². The third-order valence-corrected chi connectivity index (χ3v) is 15.0. The van der Waals surface area contributed by atoms with Crippen LogP contribution in [0.1, 0.15) is 156 Å². The van der Waals surface area contributed by atoms with Gasteiger partial charge in [-0.25, -0.2) is 0 Å². The smallest absolute Gasteiger partial charge is 0.0652 e. The first-order valence-corrected chi connectivity index (χ1v) is 21.5. The Hall–Kier alpha value is 1.63. The van der Waals surface area contributed by atoms with Gasteiger partial charge in [-0.15, -0.1) is 0 Å². The second kappa shape index (κ2) is 25.7. The van der Waals surface area contributed by atoms with Crippen LogP contribution in [0.3, 0.4) is 0 Å². The molecule has 0 aliphatic heterocycles. The van der Waals surface area contributed by atoms with Crippen molar-refractivity contribution in [3.05, 3.63) is 0 Å². The molecule has 0 bridgehead atoms. The molecule has 0 aromatic rings. The first-order chi connectivity index (χ1) is 15.5. The number of unbranched alkanes of at least 4 members (excludes halogenated alkanes) is 16. The van der Waals surface area contributed by atoms with E-state index in [0.717, 1.165) is 0 Å². The van der Waals surface area contributed by atoms with Gasteiger partial charge in [0.2, 0.25) is 0 Å². The maximum Gasteiger partial charge on any atom is -0.0652 e. The van der Waals surface area contributed by atoms with E-state index in [2.05, 4.69) is 51.1 Å². The van der Waals surface area contributed by atoms with Gasteiger partial charge in [0.1, 0.15) is 0 Å². The minimum absolute atomic E-state index is 1.31. The molecule has 1 unspecified atom stereocenters. The van der Waals surface area contributed by atoms with E-state index in [1.54, 1.807) is 0 Å². The predicted molar refractivity (Wildman–Crippen MR) is 166 cm³/mol. The minimum atomic E-state index is -1.98. The molecule has 198 valence electrons. The summed E-state index contributed by atoms with van der Waals surface area (Å²) in [6, 6.07) is 0. The predicted octanol–water partition coefficient (Wildman–Crippen LogP) is 12.7. The van der Waals surface area contributed by atoms with Crippen LogP contribution < -0.4 is 0 Å². The van der Waals surface area contributed by atoms with Crippen LogP contribution in [0, 0.1) is 0 Å². The minimum Gasteiger partial charge on any atom is -0.0679 e. The summed E-state index contributed by atoms with van der Waals surface area (Å²) in [5.74, 6) is -1.98. The maximum atomic E-state index is 7.72. The molecule has 0 rings (SSSR count). The fourth-order valence-electron chi connectivity index (χ4n) is 5.03. The van der Waals surface area contributed by atoms with Crippen LogP contribution >= 0.6 is 40.6 Å². The average molecular weight is 576 g/mol. The summed E-state index contributed by atoms with van der Waals surface area (Å²) in [7, 11) is 2.23. The van der Waals surface area contributed by atoms with Gasteiger partial charge in [-0.1, -0.05) is 49.6 Å². The van der Waals surface area contributed by atoms with E-state index in [0.29, 0.717) is 0 Å². The maximum absolute atomic E-state index is 7.72. The van der Waals surface area contributed by atoms with Crippen LogP contribution in [-0.4, -0.2) is 24.6 Å². The molecule has 0 aromatic heterocycles. The standard InChI is InChI=1S/C28H60ClP.BrH2P/c1-5-9-13-14-15-16-17-18-19-20-21-22-23-24-28-30(29,25-10-6-2,26-11-7-3)27-12-8-4;1-2/h5-28H2,1-4H3;2H2. The molecular weight excluding hydrogens is 514 g/mol. The molecule has 0 heterocycles. The number of rotatable bonds is 24. The average Bonchev–Trinajstić information content (AvgIpc) is 2.82. The molecule has 0 aliphatic rings. The molecule has 0 spiro atoms. The largest absolute Gasteiger partial charge is 0.0679 e. The fourth-order valence-corrected chi connectivity index (χ4v) is 12.1. The summed E-state index contributed by atoms with van der Waals surface area (Å²) in [6.07, 6.45) is 33.7. The van der Waals surface area contributed by atoms with Gasteiger partial charge in [0.05, 0.1) is 0 Å². The summed E-state index contributed by atoms with van der Waals surface area (Å²) in [6.45, 7) is 9.32. The van der Waals surface area contributed by atoms with Crippen LogP contribution in [0.4, 0.5) is 0 Å². The zero-order chi connectivity index (χ0) is 24.4. The van der Waals surface area contributed by atoms with Crippen molar-refractivity contribution in [2.24, 2.45) is 0 Å². The summed E-state index contributed by atoms with van der Waals surface area (Å²) in [5, 5.41) is 0. The van der Waals surface area contributed by atoms with Crippen molar-refractivity contribution < 1.29 is 0 Å². The summed E-state index contributed by atoms with van der Waals surface area (Å²) >= 11 is 10.6. The summed E-state index contributed by atoms with van der Waals surface area (Å²) in [4.78, 5) is 0. The molecule has 32 heavy (non-hydrogen) atoms. The van der Waals surface area contributed by atoms with Gasteiger partial charge in [0.25, 0.3) is 0 Å². The second-order valence-corrected chi connectivity index (χ2v) is 18.7. The van der Waals surface area contributed by atoms with Crippen molar-refractivity contribution in [1.29, 1.82) is 0 Å². The van der Waals surface area contributed by atoms with Gasteiger partial charge < -0.3 is 0 Å². The van der Waals surface area contributed by atoms with Gasteiger partial charge >= 0.3 is 172 Å². The molecule has 0 saturated carbocycles. The summed E-state index contributed by atoms with van der Waals surface area (Å²) in [5.41, 5.74) is 0. The van der Waals surface area contributed by atoms with Crippen molar-refractivity contribution in [2.75, 3.05) is 24.6 Å². The van der Waals surface area contributed by atoms with Crippen molar-refractivity contribution >= 4 is 40.6 Å². The van der Waals surface area contributed by atoms with E-state index in [-0.39, 0.29) is 0 Å². The Bertz CT molecular complexity index is 341. The Labute approximate surface area is 220 Å². The molecule has 0 saturated heterocycles. The molecule has 0 nitrogen and oxygen atoms in total. The Morgan fingerprint density at radius 2 is 0.625 bits per heavy atom. The van der Waals surface area contributed by atoms with Gasteiger partial charge in [-0.2, -0.15) is 0 Å². The Kier molecular flexibility index (Phi) is 28.8. The molecule has 0 aliphatic carbocycles. The van der Waals surface area contributed by atoms with E-state index in [4.69, 9.17) is 11.2 Å². The van der Waals surface area contributed by atoms with E-state index in [1.807, 2.05) is 0 Å². The van der Waals surface area contributed by atoms with E-state index in [1.165, 1.54) is 153 Å². The zero-order valence-electron chi connectivity index (χ0n) is 22.8. The van der Waals surface area contributed by atoms with Gasteiger partial charge in [-0.3, -0.25) is 0 Å². The first-order valence-electron chi connectivity index (χ1n) is 14.5. The zero-order valence-corrected chi connectivity index (χ0v) is 27.1. The number of hydrogen-bond acceptors (Lipinski definition) is 0. The molecule has 0 fully saturated rings.